The third-order valence-corrected chi connectivity index (χ3v) is 4.24. The summed E-state index contributed by atoms with van der Waals surface area (Å²) in [4.78, 5) is 12.0. The van der Waals surface area contributed by atoms with Crippen molar-refractivity contribution in [2.45, 2.75) is 11.8 Å². The maximum Gasteiger partial charge on any atom is 0.186 e. The van der Waals surface area contributed by atoms with Crippen molar-refractivity contribution >= 4 is 23.3 Å². The molecule has 3 rings (SSSR count). The fourth-order valence-corrected chi connectivity index (χ4v) is 2.96. The average Bonchev–Trinajstić information content (AvgIpc) is 3.05. The fraction of sp³-hybridized carbons (Fsp3) is 0.111. The van der Waals surface area contributed by atoms with Gasteiger partial charge >= 0.3 is 0 Å². The summed E-state index contributed by atoms with van der Waals surface area (Å²) in [6, 6.07) is 19.4. The summed E-state index contributed by atoms with van der Waals surface area (Å²) in [6.45, 7) is 0. The van der Waals surface area contributed by atoms with Crippen LogP contribution in [0.2, 0.25) is 0 Å². The first kappa shape index (κ1) is 14.6. The van der Waals surface area contributed by atoms with Crippen LogP contribution in [0.1, 0.15) is 22.3 Å². The van der Waals surface area contributed by atoms with E-state index in [2.05, 4.69) is 22.7 Å². The zero-order valence-electron chi connectivity index (χ0n) is 12.0. The maximum atomic E-state index is 12.0. The lowest BCUT2D eigenvalue weighted by Gasteiger charge is -2.05. The van der Waals surface area contributed by atoms with Crippen LogP contribution in [0.15, 0.2) is 77.2 Å². The fourth-order valence-electron chi connectivity index (χ4n) is 2.20. The van der Waals surface area contributed by atoms with Gasteiger partial charge in [-0.05, 0) is 17.0 Å². The third kappa shape index (κ3) is 3.65. The van der Waals surface area contributed by atoms with Crippen molar-refractivity contribution in [2.24, 2.45) is 5.10 Å². The van der Waals surface area contributed by atoms with Gasteiger partial charge < -0.3 is 0 Å². The molecule has 1 unspecified atom stereocenters. The van der Waals surface area contributed by atoms with Crippen LogP contribution in [0.25, 0.3) is 0 Å². The molecule has 0 bridgehead atoms. The van der Waals surface area contributed by atoms with E-state index in [0.717, 1.165) is 17.7 Å². The second-order valence-corrected chi connectivity index (χ2v) is 6.03. The van der Waals surface area contributed by atoms with Gasteiger partial charge in [-0.25, -0.2) is 0 Å². The minimum atomic E-state index is 0.0234. The Bertz CT molecular complexity index is 696. The highest BCUT2D eigenvalue weighted by atomic mass is 32.2. The van der Waals surface area contributed by atoms with Gasteiger partial charge in [0.2, 0.25) is 0 Å². The van der Waals surface area contributed by atoms with Crippen LogP contribution >= 0.6 is 11.8 Å². The molecule has 22 heavy (non-hydrogen) atoms. The van der Waals surface area contributed by atoms with Crippen LogP contribution in [0, 0.1) is 0 Å². The number of nitrogens with zero attached hydrogens (tertiary/aromatic N) is 1. The number of ketones is 1. The van der Waals surface area contributed by atoms with Crippen LogP contribution in [-0.2, 0) is 0 Å². The molecule has 110 valence electrons. The van der Waals surface area contributed by atoms with Crippen molar-refractivity contribution in [1.29, 1.82) is 0 Å². The van der Waals surface area contributed by atoms with Gasteiger partial charge in [0.25, 0.3) is 0 Å². The molecular weight excluding hydrogens is 292 g/mol. The number of hydrogen-bond acceptors (Lipinski definition) is 4. The van der Waals surface area contributed by atoms with Gasteiger partial charge in [-0.2, -0.15) is 5.10 Å². The van der Waals surface area contributed by atoms with E-state index in [0.29, 0.717) is 5.56 Å². The van der Waals surface area contributed by atoms with Crippen molar-refractivity contribution < 1.29 is 4.79 Å². The molecule has 0 saturated heterocycles. The Morgan fingerprint density at radius 2 is 1.77 bits per heavy atom. The molecule has 1 heterocycles. The van der Waals surface area contributed by atoms with E-state index in [9.17, 15) is 4.79 Å². The van der Waals surface area contributed by atoms with E-state index in [1.54, 1.807) is 17.8 Å². The minimum absolute atomic E-state index is 0.0234. The van der Waals surface area contributed by atoms with Crippen molar-refractivity contribution in [3.63, 3.8) is 0 Å². The predicted octanol–water partition coefficient (Wildman–Crippen LogP) is 3.84. The van der Waals surface area contributed by atoms with E-state index in [1.807, 2.05) is 53.9 Å². The van der Waals surface area contributed by atoms with Crippen LogP contribution in [0.4, 0.5) is 0 Å². The van der Waals surface area contributed by atoms with Crippen molar-refractivity contribution in [3.05, 3.63) is 83.3 Å². The van der Waals surface area contributed by atoms with Gasteiger partial charge in [-0.3, -0.25) is 10.2 Å². The maximum absolute atomic E-state index is 12.0. The topological polar surface area (TPSA) is 41.5 Å². The molecule has 1 aliphatic rings. The Balaban J connectivity index is 1.52. The normalized spacial score (nSPS) is 17.3. The molecule has 1 aliphatic heterocycles. The quantitative estimate of drug-likeness (QED) is 0.674. The van der Waals surface area contributed by atoms with Gasteiger partial charge in [0.15, 0.2) is 5.78 Å². The predicted molar refractivity (Wildman–Crippen MR) is 92.0 cm³/mol. The first-order valence-electron chi connectivity index (χ1n) is 7.12. The lowest BCUT2D eigenvalue weighted by Crippen LogP contribution is -2.13. The number of benzene rings is 2. The second-order valence-electron chi connectivity index (χ2n) is 4.92. The highest BCUT2D eigenvalue weighted by Crippen LogP contribution is 2.21. The Morgan fingerprint density at radius 3 is 2.50 bits per heavy atom. The van der Waals surface area contributed by atoms with Gasteiger partial charge in [-0.15, -0.1) is 11.8 Å². The van der Waals surface area contributed by atoms with E-state index >= 15 is 0 Å². The number of nitrogens with one attached hydrogen (secondary N) is 1. The molecule has 3 nitrogen and oxygen atoms in total. The van der Waals surface area contributed by atoms with Crippen molar-refractivity contribution in [3.8, 4) is 0 Å². The smallest absolute Gasteiger partial charge is 0.186 e. The molecule has 0 fully saturated rings. The number of allylic oxidation sites excluding steroid dienone is 1. The molecule has 4 heteroatoms. The van der Waals surface area contributed by atoms with Crippen LogP contribution in [-0.4, -0.2) is 16.9 Å². The summed E-state index contributed by atoms with van der Waals surface area (Å²) >= 11 is 1.58. The molecule has 0 amide bonds. The number of hydrazone groups is 1. The summed E-state index contributed by atoms with van der Waals surface area (Å²) < 4.78 is 0. The molecule has 0 aliphatic carbocycles. The zero-order chi connectivity index (χ0) is 15.2. The standard InChI is InChI=1S/C18H16N2OS/c21-17(15-9-5-2-6-10-15)11-12-22-18-13-16(19-20-18)14-7-3-1-4-8-14/h1-12,18,20H,13H2/b12-11+. The second kappa shape index (κ2) is 7.09. The number of carbonyl (C=O) groups excluding carboxylic acids is 1. The van der Waals surface area contributed by atoms with Gasteiger partial charge in [-0.1, -0.05) is 60.7 Å². The number of rotatable bonds is 5. The Morgan fingerprint density at radius 1 is 1.09 bits per heavy atom. The van der Waals surface area contributed by atoms with Crippen LogP contribution in [0.5, 0.6) is 0 Å². The Hall–Kier alpha value is -2.33. The lowest BCUT2D eigenvalue weighted by molar-refractivity contribution is 0.104. The lowest BCUT2D eigenvalue weighted by atomic mass is 10.1. The molecule has 2 aromatic rings. The van der Waals surface area contributed by atoms with Gasteiger partial charge in [0.05, 0.1) is 11.1 Å². The van der Waals surface area contributed by atoms with Gasteiger partial charge in [0, 0.05) is 12.0 Å². The Labute approximate surface area is 134 Å². The summed E-state index contributed by atoms with van der Waals surface area (Å²) in [5.74, 6) is 0.0234. The highest BCUT2D eigenvalue weighted by Gasteiger charge is 2.18. The molecule has 1 atom stereocenters. The summed E-state index contributed by atoms with van der Waals surface area (Å²) in [5.41, 5.74) is 6.01. The van der Waals surface area contributed by atoms with Crippen molar-refractivity contribution in [1.82, 2.24) is 5.43 Å². The molecule has 0 spiro atoms. The molecule has 2 aromatic carbocycles. The monoisotopic (exact) mass is 308 g/mol. The SMILES string of the molecule is O=C(/C=C/SC1CC(c2ccccc2)=NN1)c1ccccc1. The number of carbonyl (C=O) groups is 1. The summed E-state index contributed by atoms with van der Waals surface area (Å²) in [6.07, 6.45) is 2.46. The average molecular weight is 308 g/mol. The molecule has 0 saturated carbocycles. The molecule has 1 N–H and O–H groups in total. The summed E-state index contributed by atoms with van der Waals surface area (Å²) in [5, 5.41) is 6.39. The van der Waals surface area contributed by atoms with Gasteiger partial charge in [0.1, 0.15) is 0 Å². The molecule has 0 radical (unpaired) electrons. The van der Waals surface area contributed by atoms with Crippen LogP contribution in [0.3, 0.4) is 0 Å². The van der Waals surface area contributed by atoms with E-state index in [1.165, 1.54) is 0 Å². The number of hydrogen-bond donors (Lipinski definition) is 1. The minimum Gasteiger partial charge on any atom is -0.296 e. The number of thioether (sulfide) groups is 1. The van der Waals surface area contributed by atoms with E-state index in [4.69, 9.17) is 0 Å². The first-order valence-corrected chi connectivity index (χ1v) is 8.06. The Kier molecular flexibility index (Phi) is 4.71. The zero-order valence-corrected chi connectivity index (χ0v) is 12.8. The van der Waals surface area contributed by atoms with Crippen molar-refractivity contribution in [2.75, 3.05) is 0 Å². The first-order chi connectivity index (χ1) is 10.8. The highest BCUT2D eigenvalue weighted by molar-refractivity contribution is 8.02. The van der Waals surface area contributed by atoms with E-state index < -0.39 is 0 Å². The molecule has 0 aromatic heterocycles. The molecular formula is C18H16N2OS. The third-order valence-electron chi connectivity index (χ3n) is 3.35. The van der Waals surface area contributed by atoms with E-state index in [-0.39, 0.29) is 11.2 Å². The van der Waals surface area contributed by atoms with Crippen LogP contribution < -0.4 is 5.43 Å². The largest absolute Gasteiger partial charge is 0.296 e. The summed E-state index contributed by atoms with van der Waals surface area (Å²) in [7, 11) is 0.